The molecule has 2 N–H and O–H groups in total. The molecule has 4 nitrogen and oxygen atoms in total. The zero-order chi connectivity index (χ0) is 19.8. The lowest BCUT2D eigenvalue weighted by molar-refractivity contribution is 0.0977. The second-order valence-electron chi connectivity index (χ2n) is 6.67. The Morgan fingerprint density at radius 1 is 1.07 bits per heavy atom. The van der Waals surface area contributed by atoms with Crippen molar-refractivity contribution in [3.8, 4) is 5.75 Å². The van der Waals surface area contributed by atoms with Crippen LogP contribution < -0.4 is 15.4 Å². The number of rotatable bonds is 7. The van der Waals surface area contributed by atoms with E-state index in [1.165, 1.54) is 5.56 Å². The van der Waals surface area contributed by atoms with E-state index in [2.05, 4.69) is 37.5 Å². The van der Waals surface area contributed by atoms with Gasteiger partial charge in [0.2, 0.25) is 0 Å². The van der Waals surface area contributed by atoms with E-state index >= 15 is 0 Å². The minimum absolute atomic E-state index is 0.100. The van der Waals surface area contributed by atoms with Crippen LogP contribution in [0, 0.1) is 0 Å². The zero-order valence-electron chi connectivity index (χ0n) is 16.4. The lowest BCUT2D eigenvalue weighted by Crippen LogP contribution is -2.34. The molecule has 5 heteroatoms. The molecule has 0 unspecified atom stereocenters. The van der Waals surface area contributed by atoms with Crippen LogP contribution in [0.3, 0.4) is 0 Å². The van der Waals surface area contributed by atoms with Gasteiger partial charge >= 0.3 is 0 Å². The van der Waals surface area contributed by atoms with Crippen LogP contribution >= 0.6 is 12.2 Å². The summed E-state index contributed by atoms with van der Waals surface area (Å²) in [6.07, 6.45) is 2.03. The number of anilines is 1. The van der Waals surface area contributed by atoms with Crippen LogP contribution in [0.2, 0.25) is 0 Å². The Balaban J connectivity index is 2.04. The molecule has 0 spiro atoms. The lowest BCUT2D eigenvalue weighted by Gasteiger charge is -2.17. The SMILES string of the molecule is CC[C@H](C)Oc1cccc(C(=O)NC(=S)Nc2ccccc2[C@@H](C)CC)c1. The minimum atomic E-state index is -0.261. The number of carbonyl (C=O) groups is 1. The van der Waals surface area contributed by atoms with Crippen molar-refractivity contribution in [3.63, 3.8) is 0 Å². The van der Waals surface area contributed by atoms with E-state index in [1.54, 1.807) is 18.2 Å². The maximum absolute atomic E-state index is 12.5. The quantitative estimate of drug-likeness (QED) is 0.619. The van der Waals surface area contributed by atoms with Crippen LogP contribution in [0.5, 0.6) is 5.75 Å². The Morgan fingerprint density at radius 2 is 1.81 bits per heavy atom. The Labute approximate surface area is 167 Å². The van der Waals surface area contributed by atoms with E-state index in [0.717, 1.165) is 18.5 Å². The van der Waals surface area contributed by atoms with Crippen molar-refractivity contribution >= 4 is 28.9 Å². The number of ether oxygens (including phenoxy) is 1. The van der Waals surface area contributed by atoms with Gasteiger partial charge in [-0.25, -0.2) is 0 Å². The third-order valence-corrected chi connectivity index (χ3v) is 4.79. The molecule has 1 amide bonds. The summed E-state index contributed by atoms with van der Waals surface area (Å²) in [5, 5.41) is 6.18. The van der Waals surface area contributed by atoms with Gasteiger partial charge in [0, 0.05) is 11.3 Å². The fourth-order valence-electron chi connectivity index (χ4n) is 2.62. The summed E-state index contributed by atoms with van der Waals surface area (Å²) >= 11 is 5.34. The van der Waals surface area contributed by atoms with Crippen LogP contribution in [0.4, 0.5) is 5.69 Å². The minimum Gasteiger partial charge on any atom is -0.491 e. The molecule has 0 aliphatic carbocycles. The van der Waals surface area contributed by atoms with Crippen molar-refractivity contribution in [2.45, 2.75) is 52.6 Å². The molecular weight excluding hydrogens is 356 g/mol. The first-order valence-electron chi connectivity index (χ1n) is 9.42. The molecule has 0 bridgehead atoms. The van der Waals surface area contributed by atoms with E-state index in [-0.39, 0.29) is 17.1 Å². The number of hydrogen-bond acceptors (Lipinski definition) is 3. The normalized spacial score (nSPS) is 12.7. The van der Waals surface area contributed by atoms with Crippen molar-refractivity contribution < 1.29 is 9.53 Å². The highest BCUT2D eigenvalue weighted by Gasteiger charge is 2.13. The highest BCUT2D eigenvalue weighted by molar-refractivity contribution is 7.80. The van der Waals surface area contributed by atoms with Crippen LogP contribution in [0.25, 0.3) is 0 Å². The Morgan fingerprint density at radius 3 is 2.52 bits per heavy atom. The third-order valence-electron chi connectivity index (χ3n) is 4.59. The summed E-state index contributed by atoms with van der Waals surface area (Å²) in [5.74, 6) is 0.822. The van der Waals surface area contributed by atoms with Crippen molar-refractivity contribution in [3.05, 3.63) is 59.7 Å². The number of para-hydroxylation sites is 1. The van der Waals surface area contributed by atoms with Crippen LogP contribution in [-0.4, -0.2) is 17.1 Å². The maximum Gasteiger partial charge on any atom is 0.257 e. The van der Waals surface area contributed by atoms with Gasteiger partial charge in [-0.05, 0) is 67.7 Å². The molecule has 0 aromatic heterocycles. The predicted octanol–water partition coefficient (Wildman–Crippen LogP) is 5.50. The number of nitrogens with one attached hydrogen (secondary N) is 2. The van der Waals surface area contributed by atoms with Gasteiger partial charge in [-0.2, -0.15) is 0 Å². The van der Waals surface area contributed by atoms with E-state index in [4.69, 9.17) is 17.0 Å². The van der Waals surface area contributed by atoms with Gasteiger partial charge in [0.1, 0.15) is 5.75 Å². The molecule has 0 heterocycles. The molecule has 0 aliphatic rings. The summed E-state index contributed by atoms with van der Waals surface area (Å²) in [6.45, 7) is 8.38. The molecule has 2 aromatic rings. The van der Waals surface area contributed by atoms with E-state index < -0.39 is 0 Å². The molecule has 0 fully saturated rings. The zero-order valence-corrected chi connectivity index (χ0v) is 17.2. The van der Waals surface area contributed by atoms with Crippen molar-refractivity contribution in [2.75, 3.05) is 5.32 Å². The van der Waals surface area contributed by atoms with Crippen LogP contribution in [0.1, 0.15) is 62.4 Å². The topological polar surface area (TPSA) is 50.4 Å². The fraction of sp³-hybridized carbons (Fsp3) is 0.364. The van der Waals surface area contributed by atoms with Gasteiger partial charge in [-0.1, -0.05) is 45.0 Å². The smallest absolute Gasteiger partial charge is 0.257 e. The Bertz CT molecular complexity index is 791. The monoisotopic (exact) mass is 384 g/mol. The number of carbonyl (C=O) groups excluding carboxylic acids is 1. The molecule has 144 valence electrons. The van der Waals surface area contributed by atoms with Crippen molar-refractivity contribution in [2.24, 2.45) is 0 Å². The van der Waals surface area contributed by atoms with E-state index in [0.29, 0.717) is 17.2 Å². The molecule has 0 radical (unpaired) electrons. The first-order chi connectivity index (χ1) is 12.9. The molecule has 0 saturated carbocycles. The standard InChI is InChI=1S/C22H28N2O2S/c1-5-15(3)19-12-7-8-13-20(19)23-22(27)24-21(25)17-10-9-11-18(14-17)26-16(4)6-2/h7-16H,5-6H2,1-4H3,(H2,23,24,25,27)/t15-,16-/m0/s1. The number of hydrogen-bond donors (Lipinski definition) is 2. The van der Waals surface area contributed by atoms with Gasteiger partial charge in [0.05, 0.1) is 6.10 Å². The average molecular weight is 385 g/mol. The number of thiocarbonyl (C=S) groups is 1. The average Bonchev–Trinajstić information content (AvgIpc) is 2.67. The summed E-state index contributed by atoms with van der Waals surface area (Å²) in [5.41, 5.74) is 2.61. The summed E-state index contributed by atoms with van der Waals surface area (Å²) in [6, 6.07) is 15.2. The predicted molar refractivity (Wildman–Crippen MR) is 116 cm³/mol. The lowest BCUT2D eigenvalue weighted by atomic mass is 9.97. The maximum atomic E-state index is 12.5. The van der Waals surface area contributed by atoms with Crippen molar-refractivity contribution in [1.82, 2.24) is 5.32 Å². The van der Waals surface area contributed by atoms with Crippen LogP contribution in [-0.2, 0) is 0 Å². The van der Waals surface area contributed by atoms with Gasteiger partial charge in [-0.3, -0.25) is 10.1 Å². The fourth-order valence-corrected chi connectivity index (χ4v) is 2.82. The number of amides is 1. The Kier molecular flexibility index (Phi) is 7.80. The molecule has 0 aliphatic heterocycles. The highest BCUT2D eigenvalue weighted by atomic mass is 32.1. The first-order valence-corrected chi connectivity index (χ1v) is 9.83. The van der Waals surface area contributed by atoms with E-state index in [1.807, 2.05) is 31.2 Å². The summed E-state index contributed by atoms with van der Waals surface area (Å²) < 4.78 is 5.78. The molecule has 2 atom stereocenters. The van der Waals surface area contributed by atoms with Gasteiger partial charge in [0.25, 0.3) is 5.91 Å². The molecule has 2 aromatic carbocycles. The molecule has 2 rings (SSSR count). The second-order valence-corrected chi connectivity index (χ2v) is 7.08. The molecular formula is C22H28N2O2S. The molecule has 27 heavy (non-hydrogen) atoms. The second kappa shape index (κ2) is 10.1. The summed E-state index contributed by atoms with van der Waals surface area (Å²) in [4.78, 5) is 12.5. The van der Waals surface area contributed by atoms with Gasteiger partial charge in [0.15, 0.2) is 5.11 Å². The van der Waals surface area contributed by atoms with Gasteiger partial charge < -0.3 is 10.1 Å². The van der Waals surface area contributed by atoms with Crippen molar-refractivity contribution in [1.29, 1.82) is 0 Å². The third kappa shape index (κ3) is 6.07. The number of benzene rings is 2. The van der Waals surface area contributed by atoms with Crippen LogP contribution in [0.15, 0.2) is 48.5 Å². The van der Waals surface area contributed by atoms with E-state index in [9.17, 15) is 4.79 Å². The first kappa shape index (κ1) is 20.9. The molecule has 0 saturated heterocycles. The Hall–Kier alpha value is -2.40. The largest absolute Gasteiger partial charge is 0.491 e. The highest BCUT2D eigenvalue weighted by Crippen LogP contribution is 2.26. The summed E-state index contributed by atoms with van der Waals surface area (Å²) in [7, 11) is 0. The van der Waals surface area contributed by atoms with Gasteiger partial charge in [-0.15, -0.1) is 0 Å².